The summed E-state index contributed by atoms with van der Waals surface area (Å²) in [5.74, 6) is 0.682. The van der Waals surface area contributed by atoms with Gasteiger partial charge in [-0.25, -0.2) is 9.97 Å². The van der Waals surface area contributed by atoms with E-state index in [9.17, 15) is 4.79 Å². The van der Waals surface area contributed by atoms with Crippen molar-refractivity contribution in [3.63, 3.8) is 0 Å². The zero-order valence-corrected chi connectivity index (χ0v) is 15.7. The molecule has 1 aromatic heterocycles. The van der Waals surface area contributed by atoms with E-state index in [1.54, 1.807) is 18.1 Å². The fourth-order valence-electron chi connectivity index (χ4n) is 2.70. The maximum absolute atomic E-state index is 12.2. The Bertz CT molecular complexity index is 877. The first-order valence-electron chi connectivity index (χ1n) is 8.48. The van der Waals surface area contributed by atoms with Crippen molar-refractivity contribution >= 4 is 23.4 Å². The van der Waals surface area contributed by atoms with Crippen molar-refractivity contribution in [3.8, 4) is 11.3 Å². The molecule has 1 N–H and O–H groups in total. The third-order valence-electron chi connectivity index (χ3n) is 3.80. The van der Waals surface area contributed by atoms with Gasteiger partial charge in [-0.2, -0.15) is 0 Å². The van der Waals surface area contributed by atoms with Gasteiger partial charge in [0.2, 0.25) is 5.91 Å². The van der Waals surface area contributed by atoms with Crippen LogP contribution in [-0.2, 0) is 4.79 Å². The van der Waals surface area contributed by atoms with Crippen LogP contribution in [0.1, 0.15) is 17.5 Å². The summed E-state index contributed by atoms with van der Waals surface area (Å²) in [6.07, 6.45) is 2.00. The monoisotopic (exact) mass is 363 g/mol. The molecule has 0 saturated heterocycles. The van der Waals surface area contributed by atoms with E-state index in [4.69, 9.17) is 0 Å². The number of thioether (sulfide) groups is 1. The molecule has 4 nitrogen and oxygen atoms in total. The van der Waals surface area contributed by atoms with Gasteiger partial charge in [0.1, 0.15) is 6.33 Å². The Balaban J connectivity index is 1.54. The second-order valence-corrected chi connectivity index (χ2v) is 7.25. The molecule has 0 radical (unpaired) electrons. The minimum absolute atomic E-state index is 0.0137. The lowest BCUT2D eigenvalue weighted by molar-refractivity contribution is -0.115. The van der Waals surface area contributed by atoms with Crippen LogP contribution in [0.3, 0.4) is 0 Å². The van der Waals surface area contributed by atoms with Gasteiger partial charge in [-0.3, -0.25) is 4.79 Å². The van der Waals surface area contributed by atoms with Gasteiger partial charge in [0.15, 0.2) is 0 Å². The summed E-state index contributed by atoms with van der Waals surface area (Å²) in [5.41, 5.74) is 5.09. The minimum atomic E-state index is 0.0137. The smallest absolute Gasteiger partial charge is 0.225 e. The lowest BCUT2D eigenvalue weighted by Crippen LogP contribution is -2.12. The topological polar surface area (TPSA) is 54.9 Å². The van der Waals surface area contributed by atoms with Crippen molar-refractivity contribution in [2.75, 3.05) is 11.1 Å². The van der Waals surface area contributed by atoms with Crippen LogP contribution in [0.2, 0.25) is 0 Å². The summed E-state index contributed by atoms with van der Waals surface area (Å²) in [4.78, 5) is 20.8. The Morgan fingerprint density at radius 2 is 1.73 bits per heavy atom. The van der Waals surface area contributed by atoms with Crippen molar-refractivity contribution in [1.82, 2.24) is 9.97 Å². The molecule has 26 heavy (non-hydrogen) atoms. The van der Waals surface area contributed by atoms with Crippen LogP contribution in [0, 0.1) is 13.8 Å². The Morgan fingerprint density at radius 3 is 2.46 bits per heavy atom. The Hall–Kier alpha value is -2.66. The zero-order chi connectivity index (χ0) is 18.4. The molecule has 0 unspecified atom stereocenters. The molecule has 0 aliphatic rings. The molecular formula is C21H21N3OS. The molecule has 132 valence electrons. The molecule has 1 heterocycles. The average Bonchev–Trinajstić information content (AvgIpc) is 2.62. The number of amides is 1. The van der Waals surface area contributed by atoms with Gasteiger partial charge in [0.05, 0.1) is 10.7 Å². The normalized spacial score (nSPS) is 10.5. The maximum atomic E-state index is 12.2. The van der Waals surface area contributed by atoms with E-state index in [-0.39, 0.29) is 5.91 Å². The predicted molar refractivity (Wildman–Crippen MR) is 107 cm³/mol. The molecule has 0 aliphatic heterocycles. The van der Waals surface area contributed by atoms with Crippen LogP contribution in [0.25, 0.3) is 11.3 Å². The number of anilines is 1. The number of hydrogen-bond donors (Lipinski definition) is 1. The molecule has 3 rings (SSSR count). The first kappa shape index (κ1) is 18.1. The van der Waals surface area contributed by atoms with Crippen molar-refractivity contribution in [2.45, 2.75) is 25.3 Å². The number of carbonyl (C=O) groups excluding carboxylic acids is 1. The number of aromatic nitrogens is 2. The lowest BCUT2D eigenvalue weighted by Gasteiger charge is -2.08. The standard InChI is InChI=1S/C21H21N3OS/c1-15-10-16(2)12-18(11-15)24-20(25)8-9-26-21-13-19(22-14-23-21)17-6-4-3-5-7-17/h3-7,10-14H,8-9H2,1-2H3,(H,24,25). The molecule has 2 aromatic carbocycles. The first-order chi connectivity index (χ1) is 12.6. The van der Waals surface area contributed by atoms with Crippen molar-refractivity contribution in [2.24, 2.45) is 0 Å². The molecular weight excluding hydrogens is 342 g/mol. The Kier molecular flexibility index (Phi) is 6.02. The summed E-state index contributed by atoms with van der Waals surface area (Å²) < 4.78 is 0. The predicted octanol–water partition coefficient (Wildman–Crippen LogP) is 4.88. The number of carbonyl (C=O) groups is 1. The van der Waals surface area contributed by atoms with E-state index in [0.717, 1.165) is 33.1 Å². The van der Waals surface area contributed by atoms with Gasteiger partial charge >= 0.3 is 0 Å². The Labute approximate surface area is 158 Å². The molecule has 0 spiro atoms. The van der Waals surface area contributed by atoms with Crippen molar-refractivity contribution < 1.29 is 4.79 Å². The van der Waals surface area contributed by atoms with Gasteiger partial charge in [0.25, 0.3) is 0 Å². The molecule has 0 atom stereocenters. The maximum Gasteiger partial charge on any atom is 0.225 e. The van der Waals surface area contributed by atoms with Crippen LogP contribution in [0.4, 0.5) is 5.69 Å². The highest BCUT2D eigenvalue weighted by atomic mass is 32.2. The van der Waals surface area contributed by atoms with Gasteiger partial charge in [0, 0.05) is 23.4 Å². The van der Waals surface area contributed by atoms with Gasteiger partial charge in [-0.1, -0.05) is 36.4 Å². The molecule has 0 fully saturated rings. The number of aryl methyl sites for hydroxylation is 2. The number of nitrogens with one attached hydrogen (secondary N) is 1. The highest BCUT2D eigenvalue weighted by Crippen LogP contribution is 2.22. The molecule has 0 saturated carbocycles. The number of hydrogen-bond acceptors (Lipinski definition) is 4. The summed E-state index contributed by atoms with van der Waals surface area (Å²) in [6, 6.07) is 18.0. The van der Waals surface area contributed by atoms with Gasteiger partial charge in [-0.15, -0.1) is 11.8 Å². The van der Waals surface area contributed by atoms with Gasteiger partial charge in [-0.05, 0) is 43.2 Å². The highest BCUT2D eigenvalue weighted by molar-refractivity contribution is 7.99. The van der Waals surface area contributed by atoms with Crippen LogP contribution < -0.4 is 5.32 Å². The SMILES string of the molecule is Cc1cc(C)cc(NC(=O)CCSc2cc(-c3ccccc3)ncn2)c1. The second-order valence-electron chi connectivity index (χ2n) is 6.13. The van der Waals surface area contributed by atoms with Crippen molar-refractivity contribution in [3.05, 3.63) is 72.1 Å². The third kappa shape index (κ3) is 5.17. The summed E-state index contributed by atoms with van der Waals surface area (Å²) in [7, 11) is 0. The number of rotatable bonds is 6. The first-order valence-corrected chi connectivity index (χ1v) is 9.47. The minimum Gasteiger partial charge on any atom is -0.326 e. The quantitative estimate of drug-likeness (QED) is 0.501. The number of benzene rings is 2. The third-order valence-corrected chi connectivity index (χ3v) is 4.72. The van der Waals surface area contributed by atoms with E-state index in [1.807, 2.05) is 62.4 Å². The van der Waals surface area contributed by atoms with Crippen LogP contribution in [-0.4, -0.2) is 21.6 Å². The van der Waals surface area contributed by atoms with Crippen LogP contribution >= 0.6 is 11.8 Å². The largest absolute Gasteiger partial charge is 0.326 e. The van der Waals surface area contributed by atoms with Gasteiger partial charge < -0.3 is 5.32 Å². The number of nitrogens with zero attached hydrogens (tertiary/aromatic N) is 2. The van der Waals surface area contributed by atoms with E-state index < -0.39 is 0 Å². The van der Waals surface area contributed by atoms with E-state index in [2.05, 4.69) is 21.4 Å². The second kappa shape index (κ2) is 8.63. The zero-order valence-electron chi connectivity index (χ0n) is 14.9. The van der Waals surface area contributed by atoms with E-state index in [0.29, 0.717) is 12.2 Å². The molecule has 0 bridgehead atoms. The Morgan fingerprint density at radius 1 is 1.00 bits per heavy atom. The fourth-order valence-corrected chi connectivity index (χ4v) is 3.52. The highest BCUT2D eigenvalue weighted by Gasteiger charge is 2.06. The van der Waals surface area contributed by atoms with Crippen molar-refractivity contribution in [1.29, 1.82) is 0 Å². The van der Waals surface area contributed by atoms with E-state index in [1.165, 1.54) is 0 Å². The average molecular weight is 363 g/mol. The molecule has 0 aliphatic carbocycles. The van der Waals surface area contributed by atoms with Crippen LogP contribution in [0.15, 0.2) is 66.0 Å². The van der Waals surface area contributed by atoms with E-state index >= 15 is 0 Å². The fraction of sp³-hybridized carbons (Fsp3) is 0.190. The van der Waals surface area contributed by atoms with Crippen LogP contribution in [0.5, 0.6) is 0 Å². The molecule has 5 heteroatoms. The summed E-state index contributed by atoms with van der Waals surface area (Å²) in [6.45, 7) is 4.05. The summed E-state index contributed by atoms with van der Waals surface area (Å²) in [5, 5.41) is 3.84. The molecule has 1 amide bonds. The lowest BCUT2D eigenvalue weighted by atomic mass is 10.1. The summed E-state index contributed by atoms with van der Waals surface area (Å²) >= 11 is 1.56. The molecule has 3 aromatic rings.